The van der Waals surface area contributed by atoms with Crippen LogP contribution in [0, 0.1) is 0 Å². The van der Waals surface area contributed by atoms with E-state index in [9.17, 15) is 8.42 Å². The van der Waals surface area contributed by atoms with Gasteiger partial charge in [0.1, 0.15) is 9.97 Å². The molecule has 8 heteroatoms. The molecule has 0 radical (unpaired) electrons. The lowest BCUT2D eigenvalue weighted by Crippen LogP contribution is -2.22. The van der Waals surface area contributed by atoms with Crippen molar-refractivity contribution < 1.29 is 12.8 Å². The van der Waals surface area contributed by atoms with E-state index in [0.29, 0.717) is 16.6 Å². The smallest absolute Gasteiger partial charge is 0.250 e. The van der Waals surface area contributed by atoms with Gasteiger partial charge in [-0.25, -0.2) is 18.1 Å². The lowest BCUT2D eigenvalue weighted by atomic mass is 10.4. The van der Waals surface area contributed by atoms with Gasteiger partial charge in [0.15, 0.2) is 0 Å². The summed E-state index contributed by atoms with van der Waals surface area (Å²) in [5.41, 5.74) is 0. The molecular weight excluding hydrogens is 310 g/mol. The van der Waals surface area contributed by atoms with Crippen molar-refractivity contribution in [1.29, 1.82) is 0 Å². The van der Waals surface area contributed by atoms with Crippen LogP contribution in [0.4, 0.5) is 0 Å². The number of rotatable bonds is 8. The molecular formula is C13H19N3O3S2. The van der Waals surface area contributed by atoms with E-state index in [2.05, 4.69) is 15.0 Å². The molecule has 0 amide bonds. The van der Waals surface area contributed by atoms with Gasteiger partial charge in [-0.1, -0.05) is 13.8 Å². The molecule has 0 aromatic carbocycles. The molecule has 0 aliphatic heterocycles. The number of hydrogen-bond acceptors (Lipinski definition) is 6. The van der Waals surface area contributed by atoms with Crippen LogP contribution in [0.3, 0.4) is 0 Å². The monoisotopic (exact) mass is 329 g/mol. The quantitative estimate of drug-likeness (QED) is 0.772. The summed E-state index contributed by atoms with van der Waals surface area (Å²) in [4.78, 5) is 5.02. The molecule has 116 valence electrons. The Hall–Kier alpha value is -1.22. The van der Waals surface area contributed by atoms with Crippen LogP contribution in [0.2, 0.25) is 0 Å². The van der Waals surface area contributed by atoms with E-state index in [4.69, 9.17) is 4.42 Å². The number of hydrogen-bond donors (Lipinski definition) is 2. The Bertz CT molecular complexity index is 676. The van der Waals surface area contributed by atoms with Gasteiger partial charge in [-0.15, -0.1) is 11.3 Å². The minimum Gasteiger partial charge on any atom is -0.444 e. The molecule has 0 atom stereocenters. The lowest BCUT2D eigenvalue weighted by Gasteiger charge is -2.02. The third-order valence-electron chi connectivity index (χ3n) is 2.81. The molecule has 0 saturated heterocycles. The summed E-state index contributed by atoms with van der Waals surface area (Å²) in [5.74, 6) is 1.12. The van der Waals surface area contributed by atoms with E-state index in [-0.39, 0.29) is 6.54 Å². The van der Waals surface area contributed by atoms with Crippen molar-refractivity contribution in [3.8, 4) is 0 Å². The minimum absolute atomic E-state index is 0.0583. The van der Waals surface area contributed by atoms with Gasteiger partial charge in [0.2, 0.25) is 5.89 Å². The summed E-state index contributed by atoms with van der Waals surface area (Å²) >= 11 is 1.26. The molecule has 2 N–H and O–H groups in total. The first-order valence-electron chi connectivity index (χ1n) is 6.77. The second-order valence-electron chi connectivity index (χ2n) is 4.40. The number of oxazole rings is 1. The summed E-state index contributed by atoms with van der Waals surface area (Å²) in [7, 11) is -3.52. The molecule has 0 aliphatic carbocycles. The fraction of sp³-hybridized carbons (Fsp3) is 0.462. The van der Waals surface area contributed by atoms with E-state index < -0.39 is 10.0 Å². The van der Waals surface area contributed by atoms with Crippen molar-refractivity contribution >= 4 is 21.4 Å². The van der Waals surface area contributed by atoms with Crippen LogP contribution < -0.4 is 10.0 Å². The van der Waals surface area contributed by atoms with Crippen molar-refractivity contribution in [3.63, 3.8) is 0 Å². The van der Waals surface area contributed by atoms with E-state index >= 15 is 0 Å². The van der Waals surface area contributed by atoms with Crippen LogP contribution in [0.1, 0.15) is 30.4 Å². The van der Waals surface area contributed by atoms with Gasteiger partial charge in [0.25, 0.3) is 10.0 Å². The van der Waals surface area contributed by atoms with Crippen LogP contribution in [-0.2, 0) is 29.5 Å². The maximum Gasteiger partial charge on any atom is 0.250 e. The third-order valence-corrected chi connectivity index (χ3v) is 5.79. The highest BCUT2D eigenvalue weighted by atomic mass is 32.2. The van der Waals surface area contributed by atoms with E-state index in [0.717, 1.165) is 23.6 Å². The highest BCUT2D eigenvalue weighted by Crippen LogP contribution is 2.21. The average Bonchev–Trinajstić information content (AvgIpc) is 3.12. The number of aryl methyl sites for hydroxylation is 1. The molecule has 6 nitrogen and oxygen atoms in total. The van der Waals surface area contributed by atoms with Gasteiger partial charge in [-0.05, 0) is 18.7 Å². The number of thiophene rings is 1. The molecule has 2 heterocycles. The zero-order chi connectivity index (χ0) is 15.3. The zero-order valence-electron chi connectivity index (χ0n) is 12.0. The van der Waals surface area contributed by atoms with Gasteiger partial charge < -0.3 is 9.73 Å². The molecule has 0 unspecified atom stereocenters. The Balaban J connectivity index is 1.99. The molecule has 0 saturated carbocycles. The van der Waals surface area contributed by atoms with Gasteiger partial charge in [-0.2, -0.15) is 0 Å². The van der Waals surface area contributed by atoms with Crippen molar-refractivity contribution in [2.45, 2.75) is 37.6 Å². The van der Waals surface area contributed by atoms with Crippen molar-refractivity contribution in [3.05, 3.63) is 34.9 Å². The summed E-state index contributed by atoms with van der Waals surface area (Å²) in [6.45, 7) is 5.54. The summed E-state index contributed by atoms with van der Waals surface area (Å²) in [5, 5.41) is 3.17. The maximum atomic E-state index is 12.2. The van der Waals surface area contributed by atoms with E-state index in [1.165, 1.54) is 11.3 Å². The molecule has 2 aromatic heterocycles. The number of sulfonamides is 1. The predicted octanol–water partition coefficient (Wildman–Crippen LogP) is 1.89. The Morgan fingerprint density at radius 1 is 1.29 bits per heavy atom. The standard InChI is InChI=1S/C13H19N3O3S2/c1-3-10-7-15-12(19-10)9-16-21(17,18)13-6-5-11(20-13)8-14-4-2/h5-7,14,16H,3-4,8-9H2,1-2H3. The molecule has 0 spiro atoms. The number of aromatic nitrogens is 1. The third kappa shape index (κ3) is 4.37. The van der Waals surface area contributed by atoms with Gasteiger partial charge in [0.05, 0.1) is 12.7 Å². The Morgan fingerprint density at radius 2 is 2.10 bits per heavy atom. The molecule has 2 aromatic rings. The lowest BCUT2D eigenvalue weighted by molar-refractivity contribution is 0.452. The van der Waals surface area contributed by atoms with Crippen molar-refractivity contribution in [2.75, 3.05) is 6.54 Å². The first-order chi connectivity index (χ1) is 10.0. The van der Waals surface area contributed by atoms with Crippen LogP contribution in [0.15, 0.2) is 27.0 Å². The largest absolute Gasteiger partial charge is 0.444 e. The van der Waals surface area contributed by atoms with Crippen LogP contribution in [0.25, 0.3) is 0 Å². The van der Waals surface area contributed by atoms with Gasteiger partial charge in [-0.3, -0.25) is 0 Å². The normalized spacial score (nSPS) is 11.9. The highest BCUT2D eigenvalue weighted by Gasteiger charge is 2.17. The van der Waals surface area contributed by atoms with Crippen molar-refractivity contribution in [2.24, 2.45) is 0 Å². The van der Waals surface area contributed by atoms with Gasteiger partial charge in [0, 0.05) is 17.8 Å². The van der Waals surface area contributed by atoms with E-state index in [1.807, 2.05) is 19.9 Å². The molecule has 0 aliphatic rings. The summed E-state index contributed by atoms with van der Waals surface area (Å²) in [6.07, 6.45) is 2.35. The molecule has 21 heavy (non-hydrogen) atoms. The molecule has 0 bridgehead atoms. The van der Waals surface area contributed by atoms with Crippen LogP contribution in [-0.4, -0.2) is 19.9 Å². The fourth-order valence-corrected chi connectivity index (χ4v) is 4.01. The Kier molecular flexibility index (Phi) is 5.51. The highest BCUT2D eigenvalue weighted by molar-refractivity contribution is 7.91. The van der Waals surface area contributed by atoms with Crippen molar-refractivity contribution in [1.82, 2.24) is 15.0 Å². The predicted molar refractivity (Wildman–Crippen MR) is 81.6 cm³/mol. The van der Waals surface area contributed by atoms with Gasteiger partial charge >= 0.3 is 0 Å². The zero-order valence-corrected chi connectivity index (χ0v) is 13.7. The number of nitrogens with one attached hydrogen (secondary N) is 2. The maximum absolute atomic E-state index is 12.2. The Morgan fingerprint density at radius 3 is 2.76 bits per heavy atom. The second-order valence-corrected chi connectivity index (χ2v) is 7.56. The second kappa shape index (κ2) is 7.17. The minimum atomic E-state index is -3.52. The summed E-state index contributed by atoms with van der Waals surface area (Å²) in [6, 6.07) is 3.44. The van der Waals surface area contributed by atoms with E-state index in [1.54, 1.807) is 12.3 Å². The van der Waals surface area contributed by atoms with Crippen LogP contribution in [0.5, 0.6) is 0 Å². The number of nitrogens with zero attached hydrogens (tertiary/aromatic N) is 1. The SMILES string of the molecule is CCNCc1ccc(S(=O)(=O)NCc2ncc(CC)o2)s1. The molecule has 0 fully saturated rings. The average molecular weight is 329 g/mol. The Labute approximate surface area is 128 Å². The summed E-state index contributed by atoms with van der Waals surface area (Å²) < 4.78 is 32.5. The topological polar surface area (TPSA) is 84.2 Å². The molecule has 2 rings (SSSR count). The first kappa shape index (κ1) is 16.2. The van der Waals surface area contributed by atoms with Crippen LogP contribution >= 0.6 is 11.3 Å². The first-order valence-corrected chi connectivity index (χ1v) is 9.07. The fourth-order valence-electron chi connectivity index (χ4n) is 1.67.